The van der Waals surface area contributed by atoms with Gasteiger partial charge in [0, 0.05) is 17.0 Å². The minimum atomic E-state index is 0.264. The first kappa shape index (κ1) is 14.4. The van der Waals surface area contributed by atoms with E-state index in [1.807, 2.05) is 29.5 Å². The number of rotatable bonds is 3. The molecule has 0 amide bonds. The maximum Gasteiger partial charge on any atom is 0.0595 e. The van der Waals surface area contributed by atoms with Gasteiger partial charge in [-0.3, -0.25) is 0 Å². The van der Waals surface area contributed by atoms with Crippen LogP contribution in [-0.2, 0) is 6.42 Å². The highest BCUT2D eigenvalue weighted by molar-refractivity contribution is 7.10. The van der Waals surface area contributed by atoms with Crippen LogP contribution in [0.1, 0.15) is 47.9 Å². The summed E-state index contributed by atoms with van der Waals surface area (Å²) in [6, 6.07) is 8.85. The Hall–Kier alpha value is -0.540. The van der Waals surface area contributed by atoms with Crippen LogP contribution in [0.2, 0.25) is 10.0 Å². The molecule has 0 radical (unpaired) electrons. The number of hydrogen-bond donors (Lipinski definition) is 1. The van der Waals surface area contributed by atoms with Crippen LogP contribution >= 0.6 is 34.5 Å². The van der Waals surface area contributed by atoms with Gasteiger partial charge in [0.25, 0.3) is 0 Å². The first-order chi connectivity index (χ1) is 9.65. The zero-order valence-corrected chi connectivity index (χ0v) is 13.7. The maximum atomic E-state index is 6.11. The van der Waals surface area contributed by atoms with Gasteiger partial charge < -0.3 is 5.32 Å². The number of thiophene rings is 1. The van der Waals surface area contributed by atoms with Crippen molar-refractivity contribution in [3.8, 4) is 0 Å². The summed E-state index contributed by atoms with van der Waals surface area (Å²) in [6.07, 6.45) is 3.70. The summed E-state index contributed by atoms with van der Waals surface area (Å²) in [7, 11) is 0. The van der Waals surface area contributed by atoms with E-state index in [4.69, 9.17) is 23.2 Å². The van der Waals surface area contributed by atoms with Crippen LogP contribution in [0.5, 0.6) is 0 Å². The van der Waals surface area contributed by atoms with Crippen LogP contribution < -0.4 is 5.32 Å². The lowest BCUT2D eigenvalue weighted by molar-refractivity contribution is 0.418. The molecule has 2 aromatic rings. The number of aryl methyl sites for hydroxylation is 1. The molecule has 2 unspecified atom stereocenters. The van der Waals surface area contributed by atoms with Gasteiger partial charge in [-0.25, -0.2) is 0 Å². The average molecular weight is 326 g/mol. The molecule has 2 atom stereocenters. The Bertz CT molecular complexity index is 608. The summed E-state index contributed by atoms with van der Waals surface area (Å²) in [6.45, 7) is 2.18. The van der Waals surface area contributed by atoms with Gasteiger partial charge in [-0.2, -0.15) is 0 Å². The summed E-state index contributed by atoms with van der Waals surface area (Å²) < 4.78 is 0. The van der Waals surface area contributed by atoms with E-state index >= 15 is 0 Å². The van der Waals surface area contributed by atoms with Crippen LogP contribution in [0.25, 0.3) is 0 Å². The Morgan fingerprint density at radius 2 is 2.10 bits per heavy atom. The molecule has 0 spiro atoms. The van der Waals surface area contributed by atoms with Gasteiger partial charge in [-0.05, 0) is 60.9 Å². The fourth-order valence-corrected chi connectivity index (χ4v) is 4.13. The molecule has 1 aromatic carbocycles. The van der Waals surface area contributed by atoms with Crippen molar-refractivity contribution in [1.29, 1.82) is 0 Å². The Morgan fingerprint density at radius 1 is 1.25 bits per heavy atom. The smallest absolute Gasteiger partial charge is 0.0595 e. The zero-order chi connectivity index (χ0) is 14.1. The van der Waals surface area contributed by atoms with Crippen molar-refractivity contribution in [2.45, 2.75) is 38.3 Å². The lowest BCUT2D eigenvalue weighted by Crippen LogP contribution is -2.27. The van der Waals surface area contributed by atoms with E-state index in [2.05, 4.69) is 23.7 Å². The quantitative estimate of drug-likeness (QED) is 0.753. The molecule has 0 aliphatic heterocycles. The summed E-state index contributed by atoms with van der Waals surface area (Å²) in [5.41, 5.74) is 2.66. The molecule has 0 saturated carbocycles. The molecule has 1 nitrogen and oxygen atoms in total. The predicted octanol–water partition coefficient (Wildman–Crippen LogP) is 5.78. The standard InChI is InChI=1S/C16H17Cl2NS/c1-10(11-5-6-13(17)14(18)9-11)19-15-3-2-4-16-12(15)7-8-20-16/h5-10,15,19H,2-4H2,1H3. The van der Waals surface area contributed by atoms with Crippen molar-refractivity contribution in [3.63, 3.8) is 0 Å². The van der Waals surface area contributed by atoms with Gasteiger partial charge in [-0.15, -0.1) is 11.3 Å². The third-order valence-corrected chi connectivity index (χ3v) is 5.68. The molecule has 20 heavy (non-hydrogen) atoms. The highest BCUT2D eigenvalue weighted by Crippen LogP contribution is 2.35. The van der Waals surface area contributed by atoms with Gasteiger partial charge in [-0.1, -0.05) is 29.3 Å². The zero-order valence-electron chi connectivity index (χ0n) is 11.3. The van der Waals surface area contributed by atoms with Gasteiger partial charge in [0.1, 0.15) is 0 Å². The number of halogens is 2. The second kappa shape index (κ2) is 6.07. The molecule has 1 aliphatic carbocycles. The van der Waals surface area contributed by atoms with Crippen molar-refractivity contribution in [2.24, 2.45) is 0 Å². The van der Waals surface area contributed by atoms with Gasteiger partial charge >= 0.3 is 0 Å². The Labute approximate surface area is 133 Å². The van der Waals surface area contributed by atoms with Gasteiger partial charge in [0.15, 0.2) is 0 Å². The maximum absolute atomic E-state index is 6.11. The van der Waals surface area contributed by atoms with Crippen LogP contribution in [0.3, 0.4) is 0 Å². The van der Waals surface area contributed by atoms with E-state index in [0.29, 0.717) is 16.1 Å². The molecule has 0 fully saturated rings. The lowest BCUT2D eigenvalue weighted by Gasteiger charge is -2.27. The number of nitrogens with one attached hydrogen (secondary N) is 1. The van der Waals surface area contributed by atoms with E-state index < -0.39 is 0 Å². The van der Waals surface area contributed by atoms with Crippen molar-refractivity contribution in [2.75, 3.05) is 0 Å². The number of hydrogen-bond acceptors (Lipinski definition) is 2. The highest BCUT2D eigenvalue weighted by Gasteiger charge is 2.22. The fraction of sp³-hybridized carbons (Fsp3) is 0.375. The second-order valence-corrected chi connectivity index (χ2v) is 7.12. The second-order valence-electron chi connectivity index (χ2n) is 5.31. The van der Waals surface area contributed by atoms with Crippen LogP contribution in [-0.4, -0.2) is 0 Å². The summed E-state index contributed by atoms with van der Waals surface area (Å²) in [5, 5.41) is 7.17. The SMILES string of the molecule is CC(NC1CCCc2sccc21)c1ccc(Cl)c(Cl)c1. The molecule has 0 saturated heterocycles. The van der Waals surface area contributed by atoms with Crippen molar-refractivity contribution >= 4 is 34.5 Å². The fourth-order valence-electron chi connectivity index (χ4n) is 2.84. The van der Waals surface area contributed by atoms with Gasteiger partial charge in [0.2, 0.25) is 0 Å². The molecule has 4 heteroatoms. The Morgan fingerprint density at radius 3 is 2.90 bits per heavy atom. The minimum Gasteiger partial charge on any atom is -0.303 e. The number of fused-ring (bicyclic) bond motifs is 1. The Kier molecular flexibility index (Phi) is 4.37. The van der Waals surface area contributed by atoms with E-state index in [1.165, 1.54) is 35.3 Å². The lowest BCUT2D eigenvalue weighted by atomic mass is 9.93. The summed E-state index contributed by atoms with van der Waals surface area (Å²) in [4.78, 5) is 1.54. The van der Waals surface area contributed by atoms with Crippen molar-refractivity contribution in [1.82, 2.24) is 5.32 Å². The van der Waals surface area contributed by atoms with E-state index in [-0.39, 0.29) is 6.04 Å². The Balaban J connectivity index is 1.77. The largest absolute Gasteiger partial charge is 0.303 e. The molecular formula is C16H17Cl2NS. The molecule has 106 valence electrons. The van der Waals surface area contributed by atoms with E-state index in [1.54, 1.807) is 0 Å². The molecule has 1 aromatic heterocycles. The van der Waals surface area contributed by atoms with Crippen molar-refractivity contribution < 1.29 is 0 Å². The molecule has 1 N–H and O–H groups in total. The highest BCUT2D eigenvalue weighted by atomic mass is 35.5. The van der Waals surface area contributed by atoms with E-state index in [0.717, 1.165) is 0 Å². The van der Waals surface area contributed by atoms with Crippen LogP contribution in [0, 0.1) is 0 Å². The third kappa shape index (κ3) is 2.89. The summed E-state index contributed by atoms with van der Waals surface area (Å²) >= 11 is 14.0. The summed E-state index contributed by atoms with van der Waals surface area (Å²) in [5.74, 6) is 0. The average Bonchev–Trinajstić information content (AvgIpc) is 2.91. The topological polar surface area (TPSA) is 12.0 Å². The molecular weight excluding hydrogens is 309 g/mol. The van der Waals surface area contributed by atoms with Crippen LogP contribution in [0.15, 0.2) is 29.6 Å². The van der Waals surface area contributed by atoms with Crippen LogP contribution in [0.4, 0.5) is 0 Å². The first-order valence-corrected chi connectivity index (χ1v) is 8.56. The third-order valence-electron chi connectivity index (χ3n) is 3.95. The molecule has 3 rings (SSSR count). The van der Waals surface area contributed by atoms with E-state index in [9.17, 15) is 0 Å². The van der Waals surface area contributed by atoms with Crippen molar-refractivity contribution in [3.05, 3.63) is 55.7 Å². The monoisotopic (exact) mass is 325 g/mol. The normalized spacial score (nSPS) is 19.6. The predicted molar refractivity (Wildman–Crippen MR) is 88.0 cm³/mol. The first-order valence-electron chi connectivity index (χ1n) is 6.92. The minimum absolute atomic E-state index is 0.264. The number of benzene rings is 1. The molecule has 0 bridgehead atoms. The molecule has 1 heterocycles. The molecule has 1 aliphatic rings. The van der Waals surface area contributed by atoms with Gasteiger partial charge in [0.05, 0.1) is 10.0 Å².